The number of sulfonamides is 1. The highest BCUT2D eigenvalue weighted by atomic mass is 35.5. The van der Waals surface area contributed by atoms with Gasteiger partial charge in [-0.05, 0) is 87.4 Å². The smallest absolute Gasteiger partial charge is 0.308 e. The molecule has 4 rings (SSSR count). The molecule has 1 aliphatic rings. The predicted octanol–water partition coefficient (Wildman–Crippen LogP) is 7.02. The van der Waals surface area contributed by atoms with Crippen molar-refractivity contribution >= 4 is 61.4 Å². The van der Waals surface area contributed by atoms with Crippen LogP contribution in [0.15, 0.2) is 41.3 Å². The highest BCUT2D eigenvalue weighted by molar-refractivity contribution is 7.92. The average molecular weight is 613 g/mol. The second-order valence-electron chi connectivity index (χ2n) is 9.38. The third-order valence-electron chi connectivity index (χ3n) is 6.70. The molecule has 1 aromatic heterocycles. The lowest BCUT2D eigenvalue weighted by atomic mass is 9.82. The number of nitrogens with one attached hydrogen (secondary N) is 2. The molecule has 0 saturated heterocycles. The van der Waals surface area contributed by atoms with E-state index in [9.17, 15) is 13.2 Å². The highest BCUT2D eigenvalue weighted by Crippen LogP contribution is 2.38. The van der Waals surface area contributed by atoms with E-state index in [0.717, 1.165) is 47.9 Å². The van der Waals surface area contributed by atoms with Gasteiger partial charge in [-0.2, -0.15) is 0 Å². The zero-order valence-electron chi connectivity index (χ0n) is 21.9. The molecule has 1 fully saturated rings. The summed E-state index contributed by atoms with van der Waals surface area (Å²) in [5, 5.41) is 4.79. The Hall–Kier alpha value is -2.53. The van der Waals surface area contributed by atoms with Crippen LogP contribution < -0.4 is 14.8 Å². The molecule has 12 heteroatoms. The molecule has 1 saturated carbocycles. The third kappa shape index (κ3) is 7.16. The number of thiazole rings is 1. The van der Waals surface area contributed by atoms with Crippen LogP contribution in [0.25, 0.3) is 10.4 Å². The van der Waals surface area contributed by atoms with Crippen molar-refractivity contribution < 1.29 is 22.7 Å². The summed E-state index contributed by atoms with van der Waals surface area (Å²) in [6.07, 6.45) is 3.59. The average Bonchev–Trinajstić information content (AvgIpc) is 3.29. The number of carbonyl (C=O) groups is 1. The SMILES string of the molecule is CCOC(=O)C1CCC(CNc2nc(C)c(-c3ccc(OC)c(S(=O)(=O)Nc4ccc(Cl)cc4Cl)c3)s2)CC1. The Balaban J connectivity index is 1.48. The van der Waals surface area contributed by atoms with E-state index >= 15 is 0 Å². The minimum absolute atomic E-state index is 0.000614. The van der Waals surface area contributed by atoms with E-state index in [-0.39, 0.29) is 33.2 Å². The van der Waals surface area contributed by atoms with Crippen molar-refractivity contribution in [3.63, 3.8) is 0 Å². The maximum absolute atomic E-state index is 13.3. The Bertz CT molecular complexity index is 1440. The monoisotopic (exact) mass is 611 g/mol. The maximum Gasteiger partial charge on any atom is 0.308 e. The number of rotatable bonds is 10. The van der Waals surface area contributed by atoms with Gasteiger partial charge in [-0.1, -0.05) is 34.5 Å². The van der Waals surface area contributed by atoms with Crippen molar-refractivity contribution in [1.82, 2.24) is 4.98 Å². The first-order chi connectivity index (χ1) is 18.6. The number of methoxy groups -OCH3 is 1. The molecule has 0 radical (unpaired) electrons. The Morgan fingerprint density at radius 3 is 2.54 bits per heavy atom. The molecule has 0 unspecified atom stereocenters. The second-order valence-corrected chi connectivity index (χ2v) is 12.9. The molecule has 3 aromatic rings. The minimum atomic E-state index is -4.03. The molecular formula is C27H31Cl2N3O5S2. The largest absolute Gasteiger partial charge is 0.495 e. The summed E-state index contributed by atoms with van der Waals surface area (Å²) in [5.74, 6) is 0.569. The summed E-state index contributed by atoms with van der Waals surface area (Å²) in [6, 6.07) is 9.55. The van der Waals surface area contributed by atoms with Crippen LogP contribution in [-0.4, -0.2) is 39.6 Å². The van der Waals surface area contributed by atoms with E-state index in [1.165, 1.54) is 30.6 Å². The molecule has 0 atom stereocenters. The third-order valence-corrected chi connectivity index (χ3v) is 9.79. The summed E-state index contributed by atoms with van der Waals surface area (Å²) >= 11 is 13.6. The van der Waals surface area contributed by atoms with Crippen LogP contribution in [0.4, 0.5) is 10.8 Å². The van der Waals surface area contributed by atoms with Crippen LogP contribution in [0.3, 0.4) is 0 Å². The molecule has 2 aromatic carbocycles. The number of aryl methyl sites for hydroxylation is 1. The molecule has 0 spiro atoms. The molecule has 210 valence electrons. The topological polar surface area (TPSA) is 107 Å². The molecule has 1 aliphatic carbocycles. The van der Waals surface area contributed by atoms with Gasteiger partial charge in [0.2, 0.25) is 0 Å². The molecule has 0 bridgehead atoms. The molecule has 0 amide bonds. The molecule has 0 aliphatic heterocycles. The fourth-order valence-electron chi connectivity index (χ4n) is 4.63. The Morgan fingerprint density at radius 2 is 1.87 bits per heavy atom. The van der Waals surface area contributed by atoms with Crippen molar-refractivity contribution in [2.24, 2.45) is 11.8 Å². The van der Waals surface area contributed by atoms with E-state index in [1.54, 1.807) is 18.2 Å². The quantitative estimate of drug-likeness (QED) is 0.237. The number of aromatic nitrogens is 1. The number of nitrogens with zero attached hydrogens (tertiary/aromatic N) is 1. The fourth-order valence-corrected chi connectivity index (χ4v) is 7.39. The summed E-state index contributed by atoms with van der Waals surface area (Å²) in [5.41, 5.74) is 1.71. The zero-order valence-corrected chi connectivity index (χ0v) is 25.1. The van der Waals surface area contributed by atoms with Crippen molar-refractivity contribution in [1.29, 1.82) is 0 Å². The molecule has 39 heavy (non-hydrogen) atoms. The van der Waals surface area contributed by atoms with E-state index in [1.807, 2.05) is 19.9 Å². The number of ether oxygens (including phenoxy) is 2. The van der Waals surface area contributed by atoms with Gasteiger partial charge in [0.05, 0.1) is 40.9 Å². The number of benzene rings is 2. The van der Waals surface area contributed by atoms with Crippen LogP contribution in [0, 0.1) is 18.8 Å². The first kappa shape index (κ1) is 29.5. The molecule has 8 nitrogen and oxygen atoms in total. The van der Waals surface area contributed by atoms with Gasteiger partial charge in [-0.3, -0.25) is 9.52 Å². The molecular weight excluding hydrogens is 581 g/mol. The highest BCUT2D eigenvalue weighted by Gasteiger charge is 2.27. The van der Waals surface area contributed by atoms with Gasteiger partial charge in [-0.15, -0.1) is 0 Å². The Morgan fingerprint density at radius 1 is 1.13 bits per heavy atom. The van der Waals surface area contributed by atoms with E-state index in [2.05, 4.69) is 15.0 Å². The summed E-state index contributed by atoms with van der Waals surface area (Å²) in [7, 11) is -2.61. The lowest BCUT2D eigenvalue weighted by Crippen LogP contribution is -2.26. The number of halogens is 2. The van der Waals surface area contributed by atoms with Crippen molar-refractivity contribution in [3.8, 4) is 16.2 Å². The van der Waals surface area contributed by atoms with Gasteiger partial charge in [0.15, 0.2) is 5.13 Å². The molecule has 2 N–H and O–H groups in total. The van der Waals surface area contributed by atoms with Gasteiger partial charge >= 0.3 is 5.97 Å². The van der Waals surface area contributed by atoms with Gasteiger partial charge in [0, 0.05) is 11.6 Å². The standard InChI is InChI=1S/C27H31Cl2N3O5S2/c1-4-37-26(33)18-7-5-17(6-8-18)15-30-27-31-16(2)25(38-27)19-9-12-23(36-3)24(13-19)39(34,35)32-22-11-10-20(28)14-21(22)29/h9-14,17-18,32H,4-8,15H2,1-3H3,(H,30,31). The van der Waals surface area contributed by atoms with Crippen LogP contribution >= 0.6 is 34.5 Å². The summed E-state index contributed by atoms with van der Waals surface area (Å²) < 4.78 is 39.7. The van der Waals surface area contributed by atoms with E-state index in [0.29, 0.717) is 23.1 Å². The maximum atomic E-state index is 13.3. The van der Waals surface area contributed by atoms with Gasteiger partial charge in [-0.25, -0.2) is 13.4 Å². The molecule has 1 heterocycles. The van der Waals surface area contributed by atoms with Gasteiger partial charge in [0.25, 0.3) is 10.0 Å². The van der Waals surface area contributed by atoms with Crippen molar-refractivity contribution in [2.45, 2.75) is 44.4 Å². The number of anilines is 2. The first-order valence-corrected chi connectivity index (χ1v) is 15.7. The van der Waals surface area contributed by atoms with Crippen LogP contribution in [0.5, 0.6) is 5.75 Å². The normalized spacial score (nSPS) is 17.5. The van der Waals surface area contributed by atoms with Crippen LogP contribution in [-0.2, 0) is 19.6 Å². The van der Waals surface area contributed by atoms with Gasteiger partial charge < -0.3 is 14.8 Å². The van der Waals surface area contributed by atoms with Crippen LogP contribution in [0.2, 0.25) is 10.0 Å². The lowest BCUT2D eigenvalue weighted by molar-refractivity contribution is -0.149. The minimum Gasteiger partial charge on any atom is -0.495 e. The zero-order chi connectivity index (χ0) is 28.2. The Kier molecular flexibility index (Phi) is 9.64. The number of hydrogen-bond acceptors (Lipinski definition) is 8. The second kappa shape index (κ2) is 12.8. The van der Waals surface area contributed by atoms with Crippen molar-refractivity contribution in [3.05, 3.63) is 52.1 Å². The fraction of sp³-hybridized carbons (Fsp3) is 0.407. The van der Waals surface area contributed by atoms with Crippen molar-refractivity contribution in [2.75, 3.05) is 30.3 Å². The number of carbonyl (C=O) groups excluding carboxylic acids is 1. The first-order valence-electron chi connectivity index (χ1n) is 12.7. The van der Waals surface area contributed by atoms with Crippen LogP contribution in [0.1, 0.15) is 38.3 Å². The predicted molar refractivity (Wildman–Crippen MR) is 157 cm³/mol. The van der Waals surface area contributed by atoms with E-state index in [4.69, 9.17) is 32.7 Å². The number of hydrogen-bond donors (Lipinski definition) is 2. The van der Waals surface area contributed by atoms with E-state index < -0.39 is 10.0 Å². The Labute approximate surface area is 243 Å². The van der Waals surface area contributed by atoms with Gasteiger partial charge in [0.1, 0.15) is 10.6 Å². The lowest BCUT2D eigenvalue weighted by Gasteiger charge is -2.27. The summed E-state index contributed by atoms with van der Waals surface area (Å²) in [4.78, 5) is 17.5. The summed E-state index contributed by atoms with van der Waals surface area (Å²) in [6.45, 7) is 4.90. The number of esters is 1.